The first kappa shape index (κ1) is 13.9. The molecule has 1 N–H and O–H groups in total. The molecular weight excluding hydrogens is 268 g/mol. The molecule has 1 aromatic rings. The van der Waals surface area contributed by atoms with Crippen LogP contribution in [0.3, 0.4) is 0 Å². The first-order chi connectivity index (χ1) is 10.2. The fourth-order valence-corrected chi connectivity index (χ4v) is 2.68. The lowest BCUT2D eigenvalue weighted by atomic mass is 9.84. The van der Waals surface area contributed by atoms with E-state index in [-0.39, 0.29) is 17.9 Å². The fraction of sp³-hybridized carbons (Fsp3) is 0.533. The van der Waals surface area contributed by atoms with Crippen LogP contribution in [-0.4, -0.2) is 52.9 Å². The van der Waals surface area contributed by atoms with Gasteiger partial charge in [-0.3, -0.25) is 9.78 Å². The number of hydrogen-bond donors (Lipinski definition) is 1. The van der Waals surface area contributed by atoms with Crippen LogP contribution in [0.15, 0.2) is 24.5 Å². The van der Waals surface area contributed by atoms with Gasteiger partial charge in [-0.15, -0.1) is 0 Å². The van der Waals surface area contributed by atoms with Crippen LogP contribution in [0.4, 0.5) is 10.5 Å². The number of anilines is 1. The number of carbonyl (C=O) groups excluding carboxylic acids is 2. The van der Waals surface area contributed by atoms with Gasteiger partial charge >= 0.3 is 6.03 Å². The Kier molecular flexibility index (Phi) is 4.03. The van der Waals surface area contributed by atoms with E-state index in [1.54, 1.807) is 29.4 Å². The molecule has 2 heterocycles. The molecule has 1 aromatic heterocycles. The smallest absolute Gasteiger partial charge is 0.322 e. The molecule has 6 heteroatoms. The van der Waals surface area contributed by atoms with E-state index in [2.05, 4.69) is 10.3 Å². The lowest BCUT2D eigenvalue weighted by Gasteiger charge is -2.38. The van der Waals surface area contributed by atoms with Crippen molar-refractivity contribution < 1.29 is 9.59 Å². The Bertz CT molecular complexity index is 508. The summed E-state index contributed by atoms with van der Waals surface area (Å²) >= 11 is 0. The first-order valence-corrected chi connectivity index (χ1v) is 7.49. The number of nitrogens with one attached hydrogen (secondary N) is 1. The second kappa shape index (κ2) is 6.11. The van der Waals surface area contributed by atoms with Gasteiger partial charge in [-0.1, -0.05) is 6.42 Å². The largest absolute Gasteiger partial charge is 0.339 e. The maximum absolute atomic E-state index is 12.1. The van der Waals surface area contributed by atoms with Gasteiger partial charge in [0.1, 0.15) is 0 Å². The summed E-state index contributed by atoms with van der Waals surface area (Å²) in [5.41, 5.74) is 0.690. The predicted molar refractivity (Wildman–Crippen MR) is 78.7 cm³/mol. The van der Waals surface area contributed by atoms with E-state index in [1.165, 1.54) is 6.42 Å². The number of amides is 3. The average Bonchev–Trinajstić information content (AvgIpc) is 2.46. The van der Waals surface area contributed by atoms with Crippen LogP contribution in [-0.2, 0) is 4.79 Å². The second-order valence-corrected chi connectivity index (χ2v) is 5.61. The van der Waals surface area contributed by atoms with Crippen molar-refractivity contribution in [1.82, 2.24) is 14.8 Å². The van der Waals surface area contributed by atoms with Gasteiger partial charge in [0.2, 0.25) is 5.91 Å². The van der Waals surface area contributed by atoms with Crippen molar-refractivity contribution in [2.24, 2.45) is 5.92 Å². The van der Waals surface area contributed by atoms with Gasteiger partial charge in [-0.05, 0) is 25.0 Å². The van der Waals surface area contributed by atoms with Crippen LogP contribution < -0.4 is 5.32 Å². The van der Waals surface area contributed by atoms with Crippen molar-refractivity contribution in [1.29, 1.82) is 0 Å². The third-order valence-corrected chi connectivity index (χ3v) is 4.25. The van der Waals surface area contributed by atoms with Gasteiger partial charge in [-0.25, -0.2) is 4.79 Å². The Morgan fingerprint density at radius 1 is 1.14 bits per heavy atom. The van der Waals surface area contributed by atoms with Crippen LogP contribution in [0.1, 0.15) is 19.3 Å². The van der Waals surface area contributed by atoms with Crippen LogP contribution in [0.2, 0.25) is 0 Å². The molecule has 0 bridgehead atoms. The molecule has 2 aliphatic rings. The standard InChI is InChI=1S/C15H20N4O2/c20-14(12-3-1-4-12)18-7-9-19(10-8-18)15(21)17-13-5-2-6-16-11-13/h2,5-6,11-12H,1,3-4,7-10H2,(H,17,21). The van der Waals surface area contributed by atoms with Crippen molar-refractivity contribution in [2.75, 3.05) is 31.5 Å². The number of carbonyl (C=O) groups is 2. The molecule has 0 atom stereocenters. The number of rotatable bonds is 2. The SMILES string of the molecule is O=C(Nc1cccnc1)N1CCN(C(=O)C2CCC2)CC1. The van der Waals surface area contributed by atoms with Crippen molar-refractivity contribution in [2.45, 2.75) is 19.3 Å². The van der Waals surface area contributed by atoms with Gasteiger partial charge in [0, 0.05) is 38.3 Å². The molecule has 1 aliphatic heterocycles. The lowest BCUT2D eigenvalue weighted by molar-refractivity contribution is -0.139. The molecule has 112 valence electrons. The van der Waals surface area contributed by atoms with Crippen molar-refractivity contribution >= 4 is 17.6 Å². The van der Waals surface area contributed by atoms with Crippen molar-refractivity contribution in [3.63, 3.8) is 0 Å². The molecule has 1 saturated heterocycles. The summed E-state index contributed by atoms with van der Waals surface area (Å²) in [7, 11) is 0. The quantitative estimate of drug-likeness (QED) is 0.898. The maximum atomic E-state index is 12.1. The molecule has 2 fully saturated rings. The summed E-state index contributed by atoms with van der Waals surface area (Å²) in [5, 5.41) is 2.82. The maximum Gasteiger partial charge on any atom is 0.322 e. The summed E-state index contributed by atoms with van der Waals surface area (Å²) in [6.45, 7) is 2.45. The molecule has 0 unspecified atom stereocenters. The molecular formula is C15H20N4O2. The highest BCUT2D eigenvalue weighted by Gasteiger charge is 2.31. The molecule has 0 aromatic carbocycles. The molecule has 0 radical (unpaired) electrons. The van der Waals surface area contributed by atoms with Gasteiger partial charge in [-0.2, -0.15) is 0 Å². The van der Waals surface area contributed by atoms with E-state index in [4.69, 9.17) is 0 Å². The minimum absolute atomic E-state index is 0.126. The van der Waals surface area contributed by atoms with Gasteiger partial charge < -0.3 is 15.1 Å². The number of aromatic nitrogens is 1. The molecule has 1 saturated carbocycles. The Labute approximate surface area is 124 Å². The second-order valence-electron chi connectivity index (χ2n) is 5.61. The summed E-state index contributed by atoms with van der Waals surface area (Å²) < 4.78 is 0. The zero-order valence-corrected chi connectivity index (χ0v) is 12.0. The molecule has 3 amide bonds. The molecule has 3 rings (SSSR count). The van der Waals surface area contributed by atoms with Crippen molar-refractivity contribution in [3.8, 4) is 0 Å². The van der Waals surface area contributed by atoms with Gasteiger partial charge in [0.05, 0.1) is 11.9 Å². The first-order valence-electron chi connectivity index (χ1n) is 7.49. The van der Waals surface area contributed by atoms with Gasteiger partial charge in [0.25, 0.3) is 0 Å². The highest BCUT2D eigenvalue weighted by atomic mass is 16.2. The zero-order chi connectivity index (χ0) is 14.7. The molecule has 1 aliphatic carbocycles. The van der Waals surface area contributed by atoms with E-state index in [9.17, 15) is 9.59 Å². The zero-order valence-electron chi connectivity index (χ0n) is 12.0. The van der Waals surface area contributed by atoms with Crippen LogP contribution in [0.5, 0.6) is 0 Å². The van der Waals surface area contributed by atoms with E-state index in [0.29, 0.717) is 31.9 Å². The Morgan fingerprint density at radius 3 is 2.43 bits per heavy atom. The summed E-state index contributed by atoms with van der Waals surface area (Å²) in [6, 6.07) is 3.46. The number of hydrogen-bond acceptors (Lipinski definition) is 3. The highest BCUT2D eigenvalue weighted by Crippen LogP contribution is 2.28. The van der Waals surface area contributed by atoms with E-state index in [0.717, 1.165) is 12.8 Å². The predicted octanol–water partition coefficient (Wildman–Crippen LogP) is 1.56. The van der Waals surface area contributed by atoms with Crippen LogP contribution >= 0.6 is 0 Å². The van der Waals surface area contributed by atoms with Gasteiger partial charge in [0.15, 0.2) is 0 Å². The summed E-state index contributed by atoms with van der Waals surface area (Å²) in [5.74, 6) is 0.509. The third kappa shape index (κ3) is 3.15. The molecule has 21 heavy (non-hydrogen) atoms. The molecule has 0 spiro atoms. The number of nitrogens with zero attached hydrogens (tertiary/aromatic N) is 3. The van der Waals surface area contributed by atoms with E-state index in [1.807, 2.05) is 4.90 Å². The van der Waals surface area contributed by atoms with Crippen LogP contribution in [0, 0.1) is 5.92 Å². The van der Waals surface area contributed by atoms with E-state index < -0.39 is 0 Å². The lowest BCUT2D eigenvalue weighted by Crippen LogP contribution is -2.53. The normalized spacial score (nSPS) is 19.0. The number of pyridine rings is 1. The minimum Gasteiger partial charge on any atom is -0.339 e. The van der Waals surface area contributed by atoms with E-state index >= 15 is 0 Å². The Hall–Kier alpha value is -2.11. The average molecular weight is 288 g/mol. The summed E-state index contributed by atoms with van der Waals surface area (Å²) in [4.78, 5) is 31.9. The highest BCUT2D eigenvalue weighted by molar-refractivity contribution is 5.89. The topological polar surface area (TPSA) is 65.5 Å². The summed E-state index contributed by atoms with van der Waals surface area (Å²) in [6.07, 6.45) is 6.51. The fourth-order valence-electron chi connectivity index (χ4n) is 2.68. The number of piperazine rings is 1. The van der Waals surface area contributed by atoms with Crippen LogP contribution in [0.25, 0.3) is 0 Å². The Balaban J connectivity index is 1.48. The Morgan fingerprint density at radius 2 is 1.86 bits per heavy atom. The molecule has 6 nitrogen and oxygen atoms in total. The third-order valence-electron chi connectivity index (χ3n) is 4.25. The minimum atomic E-state index is -0.126. The monoisotopic (exact) mass is 288 g/mol. The van der Waals surface area contributed by atoms with Crippen molar-refractivity contribution in [3.05, 3.63) is 24.5 Å². The number of urea groups is 1.